The summed E-state index contributed by atoms with van der Waals surface area (Å²) >= 11 is 0. The second-order valence-electron chi connectivity index (χ2n) is 3.60. The van der Waals surface area contributed by atoms with Crippen LogP contribution in [0, 0.1) is 0 Å². The van der Waals surface area contributed by atoms with Crippen molar-refractivity contribution in [1.29, 1.82) is 0 Å². The van der Waals surface area contributed by atoms with Crippen LogP contribution < -0.4 is 15.2 Å². The van der Waals surface area contributed by atoms with E-state index >= 15 is 0 Å². The number of furan rings is 1. The van der Waals surface area contributed by atoms with Crippen LogP contribution >= 0.6 is 0 Å². The first kappa shape index (κ1) is 12.0. The minimum absolute atomic E-state index is 0.219. The summed E-state index contributed by atoms with van der Waals surface area (Å²) in [6, 6.07) is 6.39. The van der Waals surface area contributed by atoms with Crippen LogP contribution in [-0.2, 0) is 0 Å². The highest BCUT2D eigenvalue weighted by atomic mass is 16.5. The van der Waals surface area contributed by atoms with Gasteiger partial charge in [-0.05, 0) is 18.2 Å². The van der Waals surface area contributed by atoms with Gasteiger partial charge in [0.1, 0.15) is 11.5 Å². The van der Waals surface area contributed by atoms with Gasteiger partial charge in [0, 0.05) is 6.07 Å². The van der Waals surface area contributed by atoms with Crippen molar-refractivity contribution < 1.29 is 18.7 Å². The van der Waals surface area contributed by atoms with E-state index in [0.717, 1.165) is 0 Å². The van der Waals surface area contributed by atoms with Crippen molar-refractivity contribution in [2.75, 3.05) is 20.0 Å². The maximum Gasteiger partial charge on any atom is 0.230 e. The predicted octanol–water partition coefficient (Wildman–Crippen LogP) is 2.11. The van der Waals surface area contributed by atoms with Crippen LogP contribution in [0.2, 0.25) is 0 Å². The maximum absolute atomic E-state index is 12.2. The number of ether oxygens (including phenoxy) is 2. The Morgan fingerprint density at radius 1 is 1.28 bits per heavy atom. The molecule has 2 N–H and O–H groups in total. The number of anilines is 1. The lowest BCUT2D eigenvalue weighted by Crippen LogP contribution is -2.06. The molecule has 0 aliphatic heterocycles. The highest BCUT2D eigenvalue weighted by molar-refractivity contribution is 6.11. The lowest BCUT2D eigenvalue weighted by Gasteiger charge is -2.11. The number of carbonyl (C=O) groups is 1. The smallest absolute Gasteiger partial charge is 0.230 e. The SMILES string of the molecule is COc1cc(OC)c(N)c(C(=O)c2ccco2)c1. The Labute approximate surface area is 104 Å². The van der Waals surface area contributed by atoms with E-state index in [-0.39, 0.29) is 17.2 Å². The first-order chi connectivity index (χ1) is 8.67. The van der Waals surface area contributed by atoms with Crippen molar-refractivity contribution >= 4 is 11.5 Å². The van der Waals surface area contributed by atoms with Gasteiger partial charge in [-0.2, -0.15) is 0 Å². The molecular weight excluding hydrogens is 234 g/mol. The summed E-state index contributed by atoms with van der Waals surface area (Å²) < 4.78 is 15.3. The Morgan fingerprint density at radius 2 is 2.06 bits per heavy atom. The normalized spacial score (nSPS) is 10.1. The molecule has 2 rings (SSSR count). The van der Waals surface area contributed by atoms with E-state index in [1.807, 2.05) is 0 Å². The Hall–Kier alpha value is -2.43. The molecule has 94 valence electrons. The fraction of sp³-hybridized carbons (Fsp3) is 0.154. The molecule has 0 saturated heterocycles. The van der Waals surface area contributed by atoms with Crippen molar-refractivity contribution in [2.24, 2.45) is 0 Å². The number of ketones is 1. The molecular formula is C13H13NO4. The third kappa shape index (κ3) is 2.02. The number of carbonyl (C=O) groups excluding carboxylic acids is 1. The van der Waals surface area contributed by atoms with Crippen molar-refractivity contribution in [2.45, 2.75) is 0 Å². The van der Waals surface area contributed by atoms with Crippen LogP contribution in [-0.4, -0.2) is 20.0 Å². The fourth-order valence-electron chi connectivity index (χ4n) is 1.62. The molecule has 1 aromatic heterocycles. The number of hydrogen-bond acceptors (Lipinski definition) is 5. The third-order valence-corrected chi connectivity index (χ3v) is 2.56. The molecule has 0 bridgehead atoms. The highest BCUT2D eigenvalue weighted by Gasteiger charge is 2.19. The number of nitrogens with two attached hydrogens (primary N) is 1. The van der Waals surface area contributed by atoms with Gasteiger partial charge in [-0.25, -0.2) is 0 Å². The second-order valence-corrected chi connectivity index (χ2v) is 3.60. The summed E-state index contributed by atoms with van der Waals surface area (Å²) in [6.45, 7) is 0. The number of nitrogen functional groups attached to an aromatic ring is 1. The minimum Gasteiger partial charge on any atom is -0.497 e. The van der Waals surface area contributed by atoms with Gasteiger partial charge in [-0.3, -0.25) is 4.79 Å². The molecule has 0 spiro atoms. The zero-order valence-corrected chi connectivity index (χ0v) is 10.1. The maximum atomic E-state index is 12.2. The molecule has 5 nitrogen and oxygen atoms in total. The standard InChI is InChI=1S/C13H13NO4/c1-16-8-6-9(12(14)11(7-8)17-2)13(15)10-4-3-5-18-10/h3-7H,14H2,1-2H3. The number of benzene rings is 1. The number of methoxy groups -OCH3 is 2. The molecule has 0 aliphatic carbocycles. The third-order valence-electron chi connectivity index (χ3n) is 2.56. The fourth-order valence-corrected chi connectivity index (χ4v) is 1.62. The van der Waals surface area contributed by atoms with Gasteiger partial charge < -0.3 is 19.6 Å². The summed E-state index contributed by atoms with van der Waals surface area (Å²) in [5.41, 5.74) is 6.44. The monoisotopic (exact) mass is 247 g/mol. The van der Waals surface area contributed by atoms with Gasteiger partial charge >= 0.3 is 0 Å². The molecule has 1 aromatic carbocycles. The summed E-state index contributed by atoms with van der Waals surface area (Å²) in [5.74, 6) is 0.798. The van der Waals surface area contributed by atoms with Crippen molar-refractivity contribution in [3.63, 3.8) is 0 Å². The summed E-state index contributed by atoms with van der Waals surface area (Å²) in [4.78, 5) is 12.2. The average molecular weight is 247 g/mol. The molecule has 0 amide bonds. The zero-order valence-electron chi connectivity index (χ0n) is 10.1. The van der Waals surface area contributed by atoms with Crippen LogP contribution in [0.4, 0.5) is 5.69 Å². The lowest BCUT2D eigenvalue weighted by atomic mass is 10.1. The van der Waals surface area contributed by atoms with E-state index in [9.17, 15) is 4.79 Å². The van der Waals surface area contributed by atoms with E-state index in [1.54, 1.807) is 24.3 Å². The van der Waals surface area contributed by atoms with Crippen molar-refractivity contribution in [3.05, 3.63) is 41.9 Å². The van der Waals surface area contributed by atoms with Gasteiger partial charge in [0.2, 0.25) is 5.78 Å². The number of rotatable bonds is 4. The van der Waals surface area contributed by atoms with Crippen LogP contribution in [0.5, 0.6) is 11.5 Å². The van der Waals surface area contributed by atoms with Gasteiger partial charge in [-0.1, -0.05) is 0 Å². The average Bonchev–Trinajstić information content (AvgIpc) is 2.92. The molecule has 5 heteroatoms. The molecule has 0 unspecified atom stereocenters. The van der Waals surface area contributed by atoms with Gasteiger partial charge in [0.05, 0.1) is 31.7 Å². The van der Waals surface area contributed by atoms with Crippen molar-refractivity contribution in [3.8, 4) is 11.5 Å². The molecule has 18 heavy (non-hydrogen) atoms. The molecule has 0 atom stereocenters. The molecule has 2 aromatic rings. The second kappa shape index (κ2) is 4.83. The zero-order chi connectivity index (χ0) is 13.1. The summed E-state index contributed by atoms with van der Waals surface area (Å²) in [5, 5.41) is 0. The molecule has 1 heterocycles. The van der Waals surface area contributed by atoms with E-state index in [4.69, 9.17) is 19.6 Å². The summed E-state index contributed by atoms with van der Waals surface area (Å²) in [7, 11) is 2.98. The van der Waals surface area contributed by atoms with E-state index in [1.165, 1.54) is 20.5 Å². The largest absolute Gasteiger partial charge is 0.497 e. The highest BCUT2D eigenvalue weighted by Crippen LogP contribution is 2.32. The van der Waals surface area contributed by atoms with Crippen LogP contribution in [0.1, 0.15) is 16.1 Å². The summed E-state index contributed by atoms with van der Waals surface area (Å²) in [6.07, 6.45) is 1.43. The van der Waals surface area contributed by atoms with Gasteiger partial charge in [-0.15, -0.1) is 0 Å². The lowest BCUT2D eigenvalue weighted by molar-refractivity contribution is 0.101. The Balaban J connectivity index is 2.53. The number of hydrogen-bond donors (Lipinski definition) is 1. The van der Waals surface area contributed by atoms with Crippen LogP contribution in [0.3, 0.4) is 0 Å². The topological polar surface area (TPSA) is 74.7 Å². The van der Waals surface area contributed by atoms with Crippen LogP contribution in [0.25, 0.3) is 0 Å². The Kier molecular flexibility index (Phi) is 3.23. The van der Waals surface area contributed by atoms with E-state index < -0.39 is 0 Å². The predicted molar refractivity (Wildman–Crippen MR) is 66.1 cm³/mol. The molecule has 0 radical (unpaired) electrons. The Morgan fingerprint density at radius 3 is 2.61 bits per heavy atom. The van der Waals surface area contributed by atoms with E-state index in [2.05, 4.69) is 0 Å². The van der Waals surface area contributed by atoms with E-state index in [0.29, 0.717) is 17.1 Å². The quantitative estimate of drug-likeness (QED) is 0.661. The minimum atomic E-state index is -0.310. The molecule has 0 saturated carbocycles. The van der Waals surface area contributed by atoms with Crippen molar-refractivity contribution in [1.82, 2.24) is 0 Å². The van der Waals surface area contributed by atoms with Crippen LogP contribution in [0.15, 0.2) is 34.9 Å². The molecule has 0 fully saturated rings. The van der Waals surface area contributed by atoms with Gasteiger partial charge in [0.25, 0.3) is 0 Å². The molecule has 0 aliphatic rings. The first-order valence-corrected chi connectivity index (χ1v) is 5.27. The van der Waals surface area contributed by atoms with Gasteiger partial charge in [0.15, 0.2) is 5.76 Å². The Bertz CT molecular complexity index is 561. The first-order valence-electron chi connectivity index (χ1n) is 5.27.